The van der Waals surface area contributed by atoms with E-state index in [0.29, 0.717) is 12.8 Å². The molecule has 0 saturated heterocycles. The zero-order chi connectivity index (χ0) is 34.5. The molecule has 0 rings (SSSR count). The third-order valence-electron chi connectivity index (χ3n) is 9.38. The van der Waals surface area contributed by atoms with Crippen LogP contribution in [0.4, 0.5) is 0 Å². The fourth-order valence-corrected chi connectivity index (χ4v) is 6.24. The van der Waals surface area contributed by atoms with Crippen molar-refractivity contribution in [1.82, 2.24) is 0 Å². The highest BCUT2D eigenvalue weighted by atomic mass is 16.6. The molecule has 278 valence electrons. The highest BCUT2D eigenvalue weighted by Gasteiger charge is 2.18. The van der Waals surface area contributed by atoms with E-state index in [0.717, 1.165) is 38.5 Å². The Kier molecular flexibility index (Phi) is 36.0. The fourth-order valence-electron chi connectivity index (χ4n) is 6.24. The Bertz CT molecular complexity index is 693. The zero-order valence-corrected chi connectivity index (χ0v) is 31.3. The van der Waals surface area contributed by atoms with Crippen LogP contribution in [0.2, 0.25) is 0 Å². The summed E-state index contributed by atoms with van der Waals surface area (Å²) in [5.41, 5.74) is 0. The highest BCUT2D eigenvalue weighted by Crippen LogP contribution is 2.16. The van der Waals surface area contributed by atoms with Crippen molar-refractivity contribution in [2.75, 3.05) is 6.61 Å². The predicted octanol–water partition coefficient (Wildman–Crippen LogP) is 12.8. The van der Waals surface area contributed by atoms with Gasteiger partial charge < -0.3 is 14.6 Å². The van der Waals surface area contributed by atoms with Crippen LogP contribution >= 0.6 is 0 Å². The second-order valence-electron chi connectivity index (χ2n) is 14.1. The smallest absolute Gasteiger partial charge is 0.306 e. The van der Waals surface area contributed by atoms with Crippen molar-refractivity contribution in [3.05, 3.63) is 0 Å². The molecule has 0 fully saturated rings. The number of carbonyl (C=O) groups is 3. The molecule has 0 bridgehead atoms. The van der Waals surface area contributed by atoms with Gasteiger partial charge in [-0.25, -0.2) is 0 Å². The maximum Gasteiger partial charge on any atom is 0.306 e. The summed E-state index contributed by atoms with van der Waals surface area (Å²) in [6.45, 7) is 4.47. The van der Waals surface area contributed by atoms with Crippen LogP contribution in [-0.2, 0) is 23.9 Å². The molecule has 6 nitrogen and oxygen atoms in total. The van der Waals surface area contributed by atoms with Gasteiger partial charge in [-0.2, -0.15) is 0 Å². The van der Waals surface area contributed by atoms with Crippen molar-refractivity contribution in [2.24, 2.45) is 0 Å². The number of esters is 2. The van der Waals surface area contributed by atoms with Crippen LogP contribution in [0.25, 0.3) is 0 Å². The quantitative estimate of drug-likeness (QED) is 0.0521. The summed E-state index contributed by atoms with van der Waals surface area (Å²) in [4.78, 5) is 35.7. The zero-order valence-electron chi connectivity index (χ0n) is 31.3. The molecule has 0 amide bonds. The van der Waals surface area contributed by atoms with E-state index in [2.05, 4.69) is 13.8 Å². The van der Waals surface area contributed by atoms with Crippen LogP contribution in [0.5, 0.6) is 0 Å². The summed E-state index contributed by atoms with van der Waals surface area (Å²) >= 11 is 0. The number of carboxylic acid groups (broad SMARTS) is 1. The third-order valence-corrected chi connectivity index (χ3v) is 9.38. The first-order chi connectivity index (χ1) is 23.0. The minimum Gasteiger partial charge on any atom is -0.481 e. The minimum absolute atomic E-state index is 0.0601. The fraction of sp³-hybridized carbons (Fsp3) is 0.927. The summed E-state index contributed by atoms with van der Waals surface area (Å²) in [6, 6.07) is 0. The first-order valence-electron chi connectivity index (χ1n) is 20.6. The van der Waals surface area contributed by atoms with Gasteiger partial charge in [-0.3, -0.25) is 14.4 Å². The Morgan fingerprint density at radius 1 is 0.426 bits per heavy atom. The Morgan fingerprint density at radius 3 is 1.04 bits per heavy atom. The maximum atomic E-state index is 12.4. The monoisotopic (exact) mass is 667 g/mol. The van der Waals surface area contributed by atoms with E-state index >= 15 is 0 Å². The van der Waals surface area contributed by atoms with Crippen molar-refractivity contribution < 1.29 is 29.0 Å². The van der Waals surface area contributed by atoms with Crippen molar-refractivity contribution in [3.8, 4) is 0 Å². The van der Waals surface area contributed by atoms with Crippen molar-refractivity contribution >= 4 is 17.9 Å². The predicted molar refractivity (Wildman–Crippen MR) is 197 cm³/mol. The van der Waals surface area contributed by atoms with E-state index in [-0.39, 0.29) is 31.4 Å². The van der Waals surface area contributed by atoms with Crippen molar-refractivity contribution in [2.45, 2.75) is 238 Å². The largest absolute Gasteiger partial charge is 0.481 e. The molecule has 0 aromatic carbocycles. The molecular formula is C41H78O6. The minimum atomic E-state index is -0.947. The van der Waals surface area contributed by atoms with Gasteiger partial charge in [-0.15, -0.1) is 0 Å². The lowest BCUT2D eigenvalue weighted by Crippen LogP contribution is -2.26. The molecule has 0 aliphatic rings. The molecule has 47 heavy (non-hydrogen) atoms. The van der Waals surface area contributed by atoms with Crippen LogP contribution in [-0.4, -0.2) is 35.7 Å². The number of hydrogen-bond donors (Lipinski definition) is 1. The lowest BCUT2D eigenvalue weighted by molar-refractivity contribution is -0.160. The van der Waals surface area contributed by atoms with Gasteiger partial charge in [0.1, 0.15) is 12.7 Å². The molecule has 0 spiro atoms. The third kappa shape index (κ3) is 37.1. The second-order valence-corrected chi connectivity index (χ2v) is 14.1. The maximum absolute atomic E-state index is 12.4. The average Bonchev–Trinajstić information content (AvgIpc) is 3.05. The number of ether oxygens (including phenoxy) is 2. The van der Waals surface area contributed by atoms with E-state index in [9.17, 15) is 14.4 Å². The molecule has 0 radical (unpaired) electrons. The number of rotatable bonds is 38. The lowest BCUT2D eigenvalue weighted by Gasteiger charge is -2.17. The van der Waals surface area contributed by atoms with Gasteiger partial charge in [-0.1, -0.05) is 194 Å². The van der Waals surface area contributed by atoms with E-state index < -0.39 is 12.1 Å². The Balaban J connectivity index is 3.78. The highest BCUT2D eigenvalue weighted by molar-refractivity contribution is 5.70. The van der Waals surface area contributed by atoms with Gasteiger partial charge >= 0.3 is 17.9 Å². The van der Waals surface area contributed by atoms with Gasteiger partial charge in [0.2, 0.25) is 0 Å². The van der Waals surface area contributed by atoms with E-state index in [1.165, 1.54) is 154 Å². The Morgan fingerprint density at radius 2 is 0.723 bits per heavy atom. The van der Waals surface area contributed by atoms with Crippen molar-refractivity contribution in [3.63, 3.8) is 0 Å². The summed E-state index contributed by atoms with van der Waals surface area (Å²) in [6.07, 6.45) is 38.2. The molecule has 0 heterocycles. The molecule has 1 N–H and O–H groups in total. The molecular weight excluding hydrogens is 588 g/mol. The van der Waals surface area contributed by atoms with Crippen LogP contribution in [0, 0.1) is 0 Å². The summed E-state index contributed by atoms with van der Waals surface area (Å²) in [7, 11) is 0. The average molecular weight is 667 g/mol. The first-order valence-corrected chi connectivity index (χ1v) is 20.6. The number of carbonyl (C=O) groups excluding carboxylic acids is 2. The molecule has 0 saturated carbocycles. The van der Waals surface area contributed by atoms with Gasteiger partial charge in [0.25, 0.3) is 0 Å². The van der Waals surface area contributed by atoms with Crippen LogP contribution < -0.4 is 0 Å². The molecule has 1 atom stereocenters. The number of aliphatic carboxylic acids is 1. The molecule has 0 aromatic heterocycles. The van der Waals surface area contributed by atoms with E-state index in [1.807, 2.05) is 0 Å². The molecule has 0 aliphatic heterocycles. The summed E-state index contributed by atoms with van der Waals surface area (Å²) < 4.78 is 10.9. The standard InChI is InChI=1S/C41H78O6/c1-3-5-7-9-11-13-15-17-19-21-23-25-27-29-31-33-40(44)46-37-38(35-36-39(42)43)47-41(45)34-32-30-28-26-24-22-20-18-16-14-12-10-8-6-4-2/h38H,3-37H2,1-2H3,(H,42,43). The number of unbranched alkanes of at least 4 members (excludes halogenated alkanes) is 28. The van der Waals surface area contributed by atoms with Crippen LogP contribution in [0.3, 0.4) is 0 Å². The molecule has 0 aliphatic carbocycles. The van der Waals surface area contributed by atoms with E-state index in [1.54, 1.807) is 0 Å². The molecule has 1 unspecified atom stereocenters. The summed E-state index contributed by atoms with van der Waals surface area (Å²) in [5.74, 6) is -1.57. The normalized spacial score (nSPS) is 11.9. The topological polar surface area (TPSA) is 89.9 Å². The molecule has 6 heteroatoms. The van der Waals surface area contributed by atoms with Crippen LogP contribution in [0.15, 0.2) is 0 Å². The van der Waals surface area contributed by atoms with Gasteiger partial charge in [0.15, 0.2) is 0 Å². The Hall–Kier alpha value is -1.59. The number of hydrogen-bond acceptors (Lipinski definition) is 5. The van der Waals surface area contributed by atoms with Crippen molar-refractivity contribution in [1.29, 1.82) is 0 Å². The van der Waals surface area contributed by atoms with E-state index in [4.69, 9.17) is 14.6 Å². The Labute approximate surface area is 291 Å². The van der Waals surface area contributed by atoms with Gasteiger partial charge in [-0.05, 0) is 19.3 Å². The lowest BCUT2D eigenvalue weighted by atomic mass is 10.0. The SMILES string of the molecule is CCCCCCCCCCCCCCCCCC(=O)OCC(CCC(=O)O)OC(=O)CCCCCCCCCCCCCCCCC. The number of carboxylic acids is 1. The van der Waals surface area contributed by atoms with Crippen LogP contribution in [0.1, 0.15) is 232 Å². The van der Waals surface area contributed by atoms with Gasteiger partial charge in [0.05, 0.1) is 0 Å². The molecule has 0 aromatic rings. The summed E-state index contributed by atoms with van der Waals surface area (Å²) in [5, 5.41) is 9.08. The van der Waals surface area contributed by atoms with Gasteiger partial charge in [0, 0.05) is 19.3 Å². The first kappa shape index (κ1) is 45.4. The second kappa shape index (κ2) is 37.2.